The normalized spacial score (nSPS) is 10.7. The topological polar surface area (TPSA) is 47.6 Å². The molecule has 0 unspecified atom stereocenters. The van der Waals surface area contributed by atoms with E-state index in [1.165, 1.54) is 0 Å². The van der Waals surface area contributed by atoms with Crippen molar-refractivity contribution in [2.75, 3.05) is 7.11 Å². The van der Waals surface area contributed by atoms with Crippen LogP contribution in [0.3, 0.4) is 0 Å². The average Bonchev–Trinajstić information content (AvgIpc) is 2.81. The molecule has 0 aromatic heterocycles. The molecule has 32 heavy (non-hydrogen) atoms. The van der Waals surface area contributed by atoms with Gasteiger partial charge in [-0.3, -0.25) is 4.79 Å². The number of ether oxygens (including phenoxy) is 2. The minimum atomic E-state index is -0.218. The van der Waals surface area contributed by atoms with Crippen LogP contribution in [0.4, 0.5) is 0 Å². The summed E-state index contributed by atoms with van der Waals surface area (Å²) in [5.41, 5.74) is 2.07. The molecule has 0 saturated heterocycles. The maximum atomic E-state index is 12.7. The van der Waals surface area contributed by atoms with E-state index in [2.05, 4.69) is 5.32 Å². The first-order valence-electron chi connectivity index (χ1n) is 10.0. The van der Waals surface area contributed by atoms with Gasteiger partial charge < -0.3 is 14.8 Å². The molecule has 0 radical (unpaired) electrons. The van der Waals surface area contributed by atoms with E-state index in [1.807, 2.05) is 42.5 Å². The van der Waals surface area contributed by atoms with Gasteiger partial charge in [0.05, 0.1) is 7.11 Å². The maximum absolute atomic E-state index is 12.7. The Morgan fingerprint density at radius 2 is 1.69 bits per heavy atom. The predicted octanol–water partition coefficient (Wildman–Crippen LogP) is 6.66. The Labute approximate surface area is 196 Å². The second-order valence-electron chi connectivity index (χ2n) is 7.21. The lowest BCUT2D eigenvalue weighted by atomic mass is 10.1. The molecule has 162 valence electrons. The summed E-state index contributed by atoms with van der Waals surface area (Å²) in [6.45, 7) is 0.560. The molecule has 0 fully saturated rings. The number of carbonyl (C=O) groups is 1. The van der Waals surface area contributed by atoms with E-state index >= 15 is 0 Å². The smallest absolute Gasteiger partial charge is 0.251 e. The number of hydrogen-bond acceptors (Lipinski definition) is 3. The van der Waals surface area contributed by atoms with Crippen LogP contribution in [-0.4, -0.2) is 13.0 Å². The summed E-state index contributed by atoms with van der Waals surface area (Å²) in [7, 11) is 1.60. The summed E-state index contributed by atoms with van der Waals surface area (Å²) in [6, 6.07) is 24.4. The van der Waals surface area contributed by atoms with Gasteiger partial charge in [0.2, 0.25) is 0 Å². The van der Waals surface area contributed by atoms with Gasteiger partial charge in [0, 0.05) is 33.1 Å². The molecule has 0 spiro atoms. The maximum Gasteiger partial charge on any atom is 0.251 e. The van der Waals surface area contributed by atoms with E-state index in [-0.39, 0.29) is 12.5 Å². The van der Waals surface area contributed by atoms with E-state index in [0.717, 1.165) is 27.6 Å². The first-order chi connectivity index (χ1) is 15.5. The second-order valence-corrected chi connectivity index (χ2v) is 8.05. The quantitative estimate of drug-likeness (QED) is 0.331. The van der Waals surface area contributed by atoms with E-state index in [9.17, 15) is 4.79 Å². The van der Waals surface area contributed by atoms with E-state index in [1.54, 1.807) is 43.5 Å². The summed E-state index contributed by atoms with van der Waals surface area (Å²) < 4.78 is 11.6. The van der Waals surface area contributed by atoms with Crippen LogP contribution in [0.15, 0.2) is 78.9 Å². The minimum Gasteiger partial charge on any atom is -0.496 e. The molecule has 0 aliphatic heterocycles. The molecule has 1 N–H and O–H groups in total. The van der Waals surface area contributed by atoms with Gasteiger partial charge in [-0.2, -0.15) is 0 Å². The molecule has 0 saturated carbocycles. The van der Waals surface area contributed by atoms with Crippen molar-refractivity contribution in [2.24, 2.45) is 0 Å². The fourth-order valence-corrected chi connectivity index (χ4v) is 3.93. The van der Waals surface area contributed by atoms with Crippen LogP contribution in [0.2, 0.25) is 10.0 Å². The predicted molar refractivity (Wildman–Crippen MR) is 129 cm³/mol. The number of rotatable bonds is 7. The molecule has 4 aromatic carbocycles. The number of fused-ring (bicyclic) bond motifs is 1. The van der Waals surface area contributed by atoms with E-state index in [0.29, 0.717) is 27.9 Å². The zero-order valence-electron chi connectivity index (χ0n) is 17.4. The number of halogens is 2. The SMILES string of the molecule is COc1ccc(C(=O)NCc2ccc(Cl)cc2Cl)cc1COc1cccc2ccccc12. The van der Waals surface area contributed by atoms with E-state index < -0.39 is 0 Å². The van der Waals surface area contributed by atoms with Gasteiger partial charge >= 0.3 is 0 Å². The lowest BCUT2D eigenvalue weighted by molar-refractivity contribution is 0.0950. The zero-order valence-corrected chi connectivity index (χ0v) is 18.9. The van der Waals surface area contributed by atoms with Crippen LogP contribution < -0.4 is 14.8 Å². The second kappa shape index (κ2) is 9.94. The zero-order chi connectivity index (χ0) is 22.5. The van der Waals surface area contributed by atoms with Gasteiger partial charge in [-0.25, -0.2) is 0 Å². The third-order valence-electron chi connectivity index (χ3n) is 5.13. The van der Waals surface area contributed by atoms with Crippen molar-refractivity contribution in [1.29, 1.82) is 0 Å². The standard InChI is InChI=1S/C26H21Cl2NO3/c1-31-24-12-10-18(26(30)29-15-19-9-11-21(27)14-23(19)28)13-20(24)16-32-25-8-4-6-17-5-2-3-7-22(17)25/h2-14H,15-16H2,1H3,(H,29,30). The molecule has 0 atom stereocenters. The Morgan fingerprint density at radius 3 is 2.50 bits per heavy atom. The summed E-state index contributed by atoms with van der Waals surface area (Å²) in [5.74, 6) is 1.21. The largest absolute Gasteiger partial charge is 0.496 e. The third kappa shape index (κ3) is 4.98. The van der Waals surface area contributed by atoms with Gasteiger partial charge in [-0.15, -0.1) is 0 Å². The Kier molecular flexibility index (Phi) is 6.84. The molecule has 1 amide bonds. The summed E-state index contributed by atoms with van der Waals surface area (Å²) in [6.07, 6.45) is 0. The minimum absolute atomic E-state index is 0.218. The molecule has 0 bridgehead atoms. The number of hydrogen-bond donors (Lipinski definition) is 1. The van der Waals surface area contributed by atoms with Crippen molar-refractivity contribution in [3.63, 3.8) is 0 Å². The van der Waals surface area contributed by atoms with Gasteiger partial charge in [-0.05, 0) is 47.3 Å². The molecular weight excluding hydrogens is 445 g/mol. The van der Waals surface area contributed by atoms with Gasteiger partial charge in [0.25, 0.3) is 5.91 Å². The summed E-state index contributed by atoms with van der Waals surface area (Å²) >= 11 is 12.1. The fourth-order valence-electron chi connectivity index (χ4n) is 3.45. The van der Waals surface area contributed by atoms with Gasteiger partial charge in [0.1, 0.15) is 18.1 Å². The molecule has 0 aliphatic carbocycles. The van der Waals surface area contributed by atoms with Crippen LogP contribution >= 0.6 is 23.2 Å². The van der Waals surface area contributed by atoms with Crippen molar-refractivity contribution < 1.29 is 14.3 Å². The average molecular weight is 466 g/mol. The molecular formula is C26H21Cl2NO3. The molecule has 4 rings (SSSR count). The highest BCUT2D eigenvalue weighted by molar-refractivity contribution is 6.35. The Morgan fingerprint density at radius 1 is 0.875 bits per heavy atom. The monoisotopic (exact) mass is 465 g/mol. The Balaban J connectivity index is 1.50. The molecule has 4 nitrogen and oxygen atoms in total. The highest BCUT2D eigenvalue weighted by Crippen LogP contribution is 2.28. The van der Waals surface area contributed by atoms with Gasteiger partial charge in [0.15, 0.2) is 0 Å². The van der Waals surface area contributed by atoms with E-state index in [4.69, 9.17) is 32.7 Å². The Hall–Kier alpha value is -3.21. The summed E-state index contributed by atoms with van der Waals surface area (Å²) in [4.78, 5) is 12.7. The highest BCUT2D eigenvalue weighted by atomic mass is 35.5. The Bertz CT molecular complexity index is 1270. The lowest BCUT2D eigenvalue weighted by Gasteiger charge is -2.14. The first-order valence-corrected chi connectivity index (χ1v) is 10.8. The molecule has 0 aliphatic rings. The van der Waals surface area contributed by atoms with Crippen molar-refractivity contribution in [1.82, 2.24) is 5.32 Å². The van der Waals surface area contributed by atoms with Crippen LogP contribution in [0, 0.1) is 0 Å². The highest BCUT2D eigenvalue weighted by Gasteiger charge is 2.12. The van der Waals surface area contributed by atoms with Crippen molar-refractivity contribution in [3.05, 3.63) is 106 Å². The number of methoxy groups -OCH3 is 1. The fraction of sp³-hybridized carbons (Fsp3) is 0.115. The number of amides is 1. The van der Waals surface area contributed by atoms with Gasteiger partial charge in [-0.1, -0.05) is 65.7 Å². The van der Waals surface area contributed by atoms with Crippen molar-refractivity contribution in [3.8, 4) is 11.5 Å². The lowest BCUT2D eigenvalue weighted by Crippen LogP contribution is -2.23. The molecule has 6 heteroatoms. The van der Waals surface area contributed by atoms with Crippen LogP contribution in [-0.2, 0) is 13.2 Å². The molecule has 4 aromatic rings. The first kappa shape index (κ1) is 22.0. The summed E-state index contributed by atoms with van der Waals surface area (Å²) in [5, 5.41) is 6.09. The number of nitrogens with one attached hydrogen (secondary N) is 1. The number of carbonyl (C=O) groups excluding carboxylic acids is 1. The number of benzene rings is 4. The van der Waals surface area contributed by atoms with Crippen molar-refractivity contribution >= 4 is 39.9 Å². The molecule has 0 heterocycles. The van der Waals surface area contributed by atoms with Crippen LogP contribution in [0.25, 0.3) is 10.8 Å². The van der Waals surface area contributed by atoms with Crippen molar-refractivity contribution in [2.45, 2.75) is 13.2 Å². The third-order valence-corrected chi connectivity index (χ3v) is 5.72. The van der Waals surface area contributed by atoms with Crippen LogP contribution in [0.5, 0.6) is 11.5 Å². The van der Waals surface area contributed by atoms with Crippen LogP contribution in [0.1, 0.15) is 21.5 Å².